The number of rotatable bonds is 6. The number of H-pyrrole nitrogens is 1. The normalized spacial score (nSPS) is 11.8. The molecule has 0 aliphatic carbocycles. The molecule has 0 aliphatic rings. The Morgan fingerprint density at radius 2 is 2.36 bits per heavy atom. The van der Waals surface area contributed by atoms with Crippen LogP contribution in [0, 0.1) is 0 Å². The van der Waals surface area contributed by atoms with Gasteiger partial charge in [0.05, 0.1) is 19.4 Å². The third kappa shape index (κ3) is 3.07. The molecule has 14 heavy (non-hydrogen) atoms. The first kappa shape index (κ1) is 11.1. The zero-order valence-corrected chi connectivity index (χ0v) is 8.37. The molecule has 0 radical (unpaired) electrons. The number of methoxy groups -OCH3 is 1. The number of aromatic amines is 1. The van der Waals surface area contributed by atoms with Crippen molar-refractivity contribution < 1.29 is 18.0 Å². The van der Waals surface area contributed by atoms with Crippen molar-refractivity contribution >= 4 is 10.0 Å². The molecule has 0 spiro atoms. The Morgan fingerprint density at radius 1 is 1.57 bits per heavy atom. The van der Waals surface area contributed by atoms with Gasteiger partial charge in [0.1, 0.15) is 4.90 Å². The first-order valence-electron chi connectivity index (χ1n) is 3.78. The highest BCUT2D eigenvalue weighted by molar-refractivity contribution is 7.89. The van der Waals surface area contributed by atoms with E-state index in [-0.39, 0.29) is 11.5 Å². The number of nitrogens with zero attached hydrogens (tertiary/aromatic N) is 1. The second kappa shape index (κ2) is 5.05. The minimum Gasteiger partial charge on any atom is -0.382 e. The molecule has 0 bridgehead atoms. The van der Waals surface area contributed by atoms with Crippen LogP contribution in [0.4, 0.5) is 0 Å². The van der Waals surface area contributed by atoms with Gasteiger partial charge in [0.25, 0.3) is 10.0 Å². The van der Waals surface area contributed by atoms with Crippen LogP contribution in [0.2, 0.25) is 0 Å². The maximum absolute atomic E-state index is 11.3. The predicted octanol–water partition coefficient (Wildman–Crippen LogP) is -0.734. The molecule has 0 unspecified atom stereocenters. The molecule has 0 saturated carbocycles. The largest absolute Gasteiger partial charge is 0.382 e. The van der Waals surface area contributed by atoms with Gasteiger partial charge in [-0.3, -0.25) is 9.94 Å². The summed E-state index contributed by atoms with van der Waals surface area (Å²) < 4.78 is 27.3. The lowest BCUT2D eigenvalue weighted by Crippen LogP contribution is -2.25. The zero-order chi connectivity index (χ0) is 10.4. The summed E-state index contributed by atoms with van der Waals surface area (Å²) in [6, 6.07) is 0. The lowest BCUT2D eigenvalue weighted by molar-refractivity contribution is 0.0438. The Hall–Kier alpha value is -0.960. The van der Waals surface area contributed by atoms with Crippen LogP contribution in [0.3, 0.4) is 0 Å². The quantitative estimate of drug-likeness (QED) is 0.487. The van der Waals surface area contributed by atoms with E-state index in [1.54, 1.807) is 0 Å². The highest BCUT2D eigenvalue weighted by atomic mass is 32.2. The van der Waals surface area contributed by atoms with Crippen molar-refractivity contribution in [1.29, 1.82) is 0 Å². The van der Waals surface area contributed by atoms with Crippen LogP contribution in [0.15, 0.2) is 17.3 Å². The van der Waals surface area contributed by atoms with Crippen molar-refractivity contribution in [2.45, 2.75) is 4.90 Å². The molecule has 8 heteroatoms. The van der Waals surface area contributed by atoms with Crippen molar-refractivity contribution in [2.75, 3.05) is 20.3 Å². The third-order valence-corrected chi connectivity index (χ3v) is 2.52. The Labute approximate surface area is 81.4 Å². The molecule has 7 nitrogen and oxygen atoms in total. The van der Waals surface area contributed by atoms with Crippen LogP contribution in [-0.2, 0) is 19.6 Å². The Morgan fingerprint density at radius 3 is 2.93 bits per heavy atom. The fourth-order valence-corrected chi connectivity index (χ4v) is 1.41. The van der Waals surface area contributed by atoms with E-state index < -0.39 is 10.0 Å². The first-order valence-corrected chi connectivity index (χ1v) is 5.26. The van der Waals surface area contributed by atoms with Crippen molar-refractivity contribution in [3.05, 3.63) is 12.4 Å². The maximum Gasteiger partial charge on any atom is 0.265 e. The molecule has 0 atom stereocenters. The van der Waals surface area contributed by atoms with Gasteiger partial charge >= 0.3 is 0 Å². The molecule has 0 amide bonds. The minimum atomic E-state index is -3.62. The number of hydrogen-bond acceptors (Lipinski definition) is 5. The number of ether oxygens (including phenoxy) is 1. The monoisotopic (exact) mass is 221 g/mol. The molecule has 80 valence electrons. The molecule has 1 aromatic rings. The molecule has 1 rings (SSSR count). The Kier molecular flexibility index (Phi) is 4.01. The fraction of sp³-hybridized carbons (Fsp3) is 0.500. The van der Waals surface area contributed by atoms with E-state index in [0.29, 0.717) is 6.61 Å². The van der Waals surface area contributed by atoms with E-state index in [2.05, 4.69) is 19.8 Å². The van der Waals surface area contributed by atoms with Crippen LogP contribution in [-0.4, -0.2) is 38.9 Å². The van der Waals surface area contributed by atoms with Crippen molar-refractivity contribution in [1.82, 2.24) is 15.1 Å². The summed E-state index contributed by atoms with van der Waals surface area (Å²) in [5, 5.41) is 5.90. The molecule has 1 aromatic heterocycles. The summed E-state index contributed by atoms with van der Waals surface area (Å²) in [5.41, 5.74) is 0. The maximum atomic E-state index is 11.3. The molecule has 0 saturated heterocycles. The molecule has 2 N–H and O–H groups in total. The van der Waals surface area contributed by atoms with Crippen LogP contribution >= 0.6 is 0 Å². The van der Waals surface area contributed by atoms with Gasteiger partial charge in [-0.25, -0.2) is 8.42 Å². The van der Waals surface area contributed by atoms with E-state index in [0.717, 1.165) is 0 Å². The van der Waals surface area contributed by atoms with E-state index in [1.807, 2.05) is 4.89 Å². The molecular weight excluding hydrogens is 210 g/mol. The average molecular weight is 221 g/mol. The minimum absolute atomic E-state index is 0.0231. The summed E-state index contributed by atoms with van der Waals surface area (Å²) in [7, 11) is -2.12. The van der Waals surface area contributed by atoms with Gasteiger partial charge in [-0.1, -0.05) is 4.89 Å². The molecular formula is C6H11N3O4S. The fourth-order valence-electron chi connectivity index (χ4n) is 0.678. The molecule has 0 fully saturated rings. The SMILES string of the molecule is COCCONS(=O)(=O)c1cn[nH]c1. The summed E-state index contributed by atoms with van der Waals surface area (Å²) in [6.07, 6.45) is 2.43. The van der Waals surface area contributed by atoms with Crippen molar-refractivity contribution in [2.24, 2.45) is 0 Å². The number of hydrogen-bond donors (Lipinski definition) is 2. The van der Waals surface area contributed by atoms with E-state index in [9.17, 15) is 8.42 Å². The molecule has 0 aliphatic heterocycles. The topological polar surface area (TPSA) is 93.3 Å². The highest BCUT2D eigenvalue weighted by Crippen LogP contribution is 2.03. The van der Waals surface area contributed by atoms with Crippen molar-refractivity contribution in [3.63, 3.8) is 0 Å². The Bertz CT molecular complexity index is 347. The second-order valence-corrected chi connectivity index (χ2v) is 4.01. The highest BCUT2D eigenvalue weighted by Gasteiger charge is 2.14. The van der Waals surface area contributed by atoms with E-state index >= 15 is 0 Å². The van der Waals surface area contributed by atoms with Crippen LogP contribution in [0.1, 0.15) is 0 Å². The standard InChI is InChI=1S/C6H11N3O4S/c1-12-2-3-13-9-14(10,11)6-4-7-8-5-6/h4-5,9H,2-3H2,1H3,(H,7,8). The van der Waals surface area contributed by atoms with Gasteiger partial charge in [0.2, 0.25) is 0 Å². The predicted molar refractivity (Wildman–Crippen MR) is 46.7 cm³/mol. The number of nitrogens with one attached hydrogen (secondary N) is 2. The van der Waals surface area contributed by atoms with Gasteiger partial charge in [-0.05, 0) is 0 Å². The van der Waals surface area contributed by atoms with Gasteiger partial charge in [-0.2, -0.15) is 5.10 Å². The van der Waals surface area contributed by atoms with Gasteiger partial charge in [0, 0.05) is 13.3 Å². The van der Waals surface area contributed by atoms with Gasteiger partial charge in [0.15, 0.2) is 0 Å². The van der Waals surface area contributed by atoms with Crippen LogP contribution in [0.5, 0.6) is 0 Å². The first-order chi connectivity index (χ1) is 6.67. The van der Waals surface area contributed by atoms with Gasteiger partial charge < -0.3 is 4.74 Å². The summed E-state index contributed by atoms with van der Waals surface area (Å²) in [5.74, 6) is 0. The average Bonchev–Trinajstić information content (AvgIpc) is 2.65. The molecule has 1 heterocycles. The summed E-state index contributed by atoms with van der Waals surface area (Å²) in [4.78, 5) is 6.61. The lowest BCUT2D eigenvalue weighted by Gasteiger charge is -2.03. The van der Waals surface area contributed by atoms with E-state index in [4.69, 9.17) is 0 Å². The Balaban J connectivity index is 2.44. The molecule has 0 aromatic carbocycles. The smallest absolute Gasteiger partial charge is 0.265 e. The second-order valence-electron chi connectivity index (χ2n) is 2.36. The van der Waals surface area contributed by atoms with E-state index in [1.165, 1.54) is 19.5 Å². The number of aromatic nitrogens is 2. The van der Waals surface area contributed by atoms with Crippen LogP contribution in [0.25, 0.3) is 0 Å². The van der Waals surface area contributed by atoms with Gasteiger partial charge in [-0.15, -0.1) is 0 Å². The van der Waals surface area contributed by atoms with Crippen LogP contribution < -0.4 is 4.89 Å². The van der Waals surface area contributed by atoms with Crippen molar-refractivity contribution in [3.8, 4) is 0 Å². The summed E-state index contributed by atoms with van der Waals surface area (Å²) in [6.45, 7) is 0.460. The summed E-state index contributed by atoms with van der Waals surface area (Å²) >= 11 is 0. The number of sulfonamides is 1. The lowest BCUT2D eigenvalue weighted by atomic mass is 10.7. The third-order valence-electron chi connectivity index (χ3n) is 1.34. The zero-order valence-electron chi connectivity index (χ0n) is 7.56.